The summed E-state index contributed by atoms with van der Waals surface area (Å²) in [6.45, 7) is 3.21. The Hall–Kier alpha value is -0.150. The molecule has 2 rings (SSSR count). The van der Waals surface area contributed by atoms with E-state index in [1.165, 1.54) is 0 Å². The quantitative estimate of drug-likeness (QED) is 0.681. The summed E-state index contributed by atoms with van der Waals surface area (Å²) in [7, 11) is -4.23. The van der Waals surface area contributed by atoms with Crippen LogP contribution in [0.4, 0.5) is 0 Å². The average molecular weight is 295 g/mol. The molecule has 1 aliphatic heterocycles. The molecule has 100 valence electrons. The Morgan fingerprint density at radius 1 is 1.37 bits per heavy atom. The van der Waals surface area contributed by atoms with Crippen LogP contribution in [-0.4, -0.2) is 20.8 Å². The van der Waals surface area contributed by atoms with Gasteiger partial charge < -0.3 is 14.6 Å². The first-order valence-corrected chi connectivity index (χ1v) is 6.77. The number of benzene rings is 1. The van der Waals surface area contributed by atoms with Gasteiger partial charge in [-0.05, 0) is 6.07 Å². The van der Waals surface area contributed by atoms with Crippen LogP contribution in [0, 0.1) is 0 Å². The van der Waals surface area contributed by atoms with Crippen molar-refractivity contribution in [3.8, 4) is 5.75 Å². The third-order valence-electron chi connectivity index (χ3n) is 2.42. The standard InChI is InChI=1S/C11H14NO5S.Na/c1-11(2)16-9-6-4-3-5-8(9)10(17-11)7-15-18(12,13)14;/h3-6,10H,7H2,1-2H3,(H-,12,13,14);/q-1;+1/t10-;/m1./s1. The fraction of sp³-hybridized carbons (Fsp3) is 0.455. The zero-order chi connectivity index (χ0) is 13.4. The molecule has 1 aliphatic rings. The molecule has 0 saturated heterocycles. The van der Waals surface area contributed by atoms with Crippen LogP contribution in [-0.2, 0) is 19.2 Å². The molecule has 1 aromatic carbocycles. The van der Waals surface area contributed by atoms with Crippen LogP contribution in [0.15, 0.2) is 24.3 Å². The molecule has 19 heavy (non-hydrogen) atoms. The largest absolute Gasteiger partial charge is 1.00 e. The van der Waals surface area contributed by atoms with Gasteiger partial charge >= 0.3 is 29.6 Å². The second-order valence-electron chi connectivity index (χ2n) is 4.38. The van der Waals surface area contributed by atoms with Crippen LogP contribution in [0.5, 0.6) is 5.75 Å². The van der Waals surface area contributed by atoms with E-state index >= 15 is 0 Å². The van der Waals surface area contributed by atoms with Crippen molar-refractivity contribution >= 4 is 10.3 Å². The van der Waals surface area contributed by atoms with Gasteiger partial charge in [0, 0.05) is 19.4 Å². The maximum atomic E-state index is 10.7. The van der Waals surface area contributed by atoms with Crippen molar-refractivity contribution in [2.24, 2.45) is 0 Å². The van der Waals surface area contributed by atoms with Crippen LogP contribution in [0.3, 0.4) is 0 Å². The summed E-state index contributed by atoms with van der Waals surface area (Å²) >= 11 is 0. The van der Waals surface area contributed by atoms with Crippen molar-refractivity contribution < 1.29 is 51.6 Å². The number of hydrogen-bond acceptors (Lipinski definition) is 5. The number of hydrogen-bond donors (Lipinski definition) is 0. The fourth-order valence-electron chi connectivity index (χ4n) is 1.81. The minimum atomic E-state index is -4.23. The van der Waals surface area contributed by atoms with Gasteiger partial charge in [0.05, 0.1) is 6.61 Å². The Kier molecular flexibility index (Phi) is 5.42. The number of para-hydroxylation sites is 1. The number of fused-ring (bicyclic) bond motifs is 1. The third kappa shape index (κ3) is 4.71. The molecule has 1 aromatic rings. The van der Waals surface area contributed by atoms with Gasteiger partial charge in [-0.15, -0.1) is 0 Å². The molecule has 8 heteroatoms. The van der Waals surface area contributed by atoms with E-state index < -0.39 is 22.2 Å². The van der Waals surface area contributed by atoms with Crippen LogP contribution in [0.2, 0.25) is 0 Å². The van der Waals surface area contributed by atoms with Crippen molar-refractivity contribution in [1.29, 1.82) is 0 Å². The first kappa shape index (κ1) is 16.9. The predicted molar refractivity (Wildman–Crippen MR) is 64.2 cm³/mol. The van der Waals surface area contributed by atoms with E-state index in [2.05, 4.69) is 4.18 Å². The second-order valence-corrected chi connectivity index (χ2v) is 5.53. The summed E-state index contributed by atoms with van der Waals surface area (Å²) in [5, 5.41) is 6.70. The molecule has 0 aliphatic carbocycles. The predicted octanol–water partition coefficient (Wildman–Crippen LogP) is -0.810. The molecule has 0 aromatic heterocycles. The van der Waals surface area contributed by atoms with E-state index in [1.54, 1.807) is 32.0 Å². The van der Waals surface area contributed by atoms with Crippen molar-refractivity contribution in [2.45, 2.75) is 25.7 Å². The Morgan fingerprint density at radius 2 is 2.00 bits per heavy atom. The normalized spacial score (nSPS) is 20.9. The van der Waals surface area contributed by atoms with Gasteiger partial charge in [-0.1, -0.05) is 18.2 Å². The second kappa shape index (κ2) is 6.09. The summed E-state index contributed by atoms with van der Waals surface area (Å²) < 4.78 is 37.1. The zero-order valence-electron chi connectivity index (χ0n) is 11.0. The Morgan fingerprint density at radius 3 is 2.63 bits per heavy atom. The van der Waals surface area contributed by atoms with Crippen molar-refractivity contribution in [3.63, 3.8) is 0 Å². The summed E-state index contributed by atoms with van der Waals surface area (Å²) in [6.07, 6.45) is -0.579. The van der Waals surface area contributed by atoms with E-state index in [4.69, 9.17) is 14.6 Å². The fourth-order valence-corrected chi connectivity index (χ4v) is 2.11. The van der Waals surface area contributed by atoms with Gasteiger partial charge in [0.1, 0.15) is 11.9 Å². The number of ether oxygens (including phenoxy) is 2. The van der Waals surface area contributed by atoms with E-state index in [9.17, 15) is 8.42 Å². The molecule has 0 radical (unpaired) electrons. The van der Waals surface area contributed by atoms with Gasteiger partial charge in [0.25, 0.3) is 0 Å². The van der Waals surface area contributed by atoms with Crippen molar-refractivity contribution in [2.75, 3.05) is 6.61 Å². The molecule has 0 fully saturated rings. The number of nitrogens with one attached hydrogen (secondary N) is 1. The van der Waals surface area contributed by atoms with Crippen LogP contribution in [0.1, 0.15) is 25.5 Å². The molecule has 1 heterocycles. The zero-order valence-corrected chi connectivity index (χ0v) is 13.9. The molecule has 1 atom stereocenters. The summed E-state index contributed by atoms with van der Waals surface area (Å²) in [6, 6.07) is 7.17. The van der Waals surface area contributed by atoms with Gasteiger partial charge in [-0.3, -0.25) is 4.18 Å². The molecule has 0 amide bonds. The van der Waals surface area contributed by atoms with Gasteiger partial charge in [-0.25, -0.2) is 8.42 Å². The van der Waals surface area contributed by atoms with E-state index in [0.717, 1.165) is 0 Å². The molecule has 1 N–H and O–H groups in total. The summed E-state index contributed by atoms with van der Waals surface area (Å²) in [5.74, 6) is -0.238. The van der Waals surface area contributed by atoms with Crippen molar-refractivity contribution in [3.05, 3.63) is 35.0 Å². The molecular formula is C11H14NNaO5S. The molecule has 0 bridgehead atoms. The Bertz CT molecular complexity index is 546. The van der Waals surface area contributed by atoms with E-state index in [1.807, 2.05) is 6.07 Å². The van der Waals surface area contributed by atoms with Gasteiger partial charge in [0.15, 0.2) is 10.3 Å². The van der Waals surface area contributed by atoms with Gasteiger partial charge in [-0.2, -0.15) is 0 Å². The topological polar surface area (TPSA) is 85.6 Å². The molecule has 6 nitrogen and oxygen atoms in total. The number of rotatable bonds is 3. The van der Waals surface area contributed by atoms with Crippen LogP contribution >= 0.6 is 0 Å². The monoisotopic (exact) mass is 295 g/mol. The Balaban J connectivity index is 0.00000180. The van der Waals surface area contributed by atoms with Crippen LogP contribution < -0.4 is 34.3 Å². The minimum Gasteiger partial charge on any atom is -0.540 e. The molecule has 0 spiro atoms. The van der Waals surface area contributed by atoms with Crippen molar-refractivity contribution in [1.82, 2.24) is 0 Å². The SMILES string of the molecule is CC1(C)Oc2ccccc2[C@@H](COS([NH-])(=O)=O)O1.[Na+]. The first-order valence-electron chi connectivity index (χ1n) is 5.37. The first-order chi connectivity index (χ1) is 8.27. The third-order valence-corrected chi connectivity index (χ3v) is 2.87. The summed E-state index contributed by atoms with van der Waals surface area (Å²) in [4.78, 5) is 0. The molecule has 0 unspecified atom stereocenters. The summed E-state index contributed by atoms with van der Waals surface area (Å²) in [5.41, 5.74) is 0.709. The maximum Gasteiger partial charge on any atom is 1.00 e. The Labute approximate surface area is 134 Å². The molecular weight excluding hydrogens is 281 g/mol. The molecule has 0 saturated carbocycles. The minimum absolute atomic E-state index is 0. The van der Waals surface area contributed by atoms with Crippen LogP contribution in [0.25, 0.3) is 5.14 Å². The van der Waals surface area contributed by atoms with E-state index in [0.29, 0.717) is 11.3 Å². The van der Waals surface area contributed by atoms with E-state index in [-0.39, 0.29) is 36.2 Å². The maximum absolute atomic E-state index is 10.7. The van der Waals surface area contributed by atoms with Gasteiger partial charge in [0.2, 0.25) is 5.79 Å². The smallest absolute Gasteiger partial charge is 0.540 e. The average Bonchev–Trinajstić information content (AvgIpc) is 2.23.